The summed E-state index contributed by atoms with van der Waals surface area (Å²) < 4.78 is 28.1. The molecular weight excluding hydrogens is 372 g/mol. The van der Waals surface area contributed by atoms with Gasteiger partial charge in [0.25, 0.3) is 0 Å². The van der Waals surface area contributed by atoms with Gasteiger partial charge >= 0.3 is 0 Å². The van der Waals surface area contributed by atoms with Gasteiger partial charge in [-0.05, 0) is 43.3 Å². The molecule has 0 radical (unpaired) electrons. The molecule has 2 aromatic carbocycles. The van der Waals surface area contributed by atoms with Crippen LogP contribution >= 0.6 is 11.8 Å². The Labute approximate surface area is 159 Å². The highest BCUT2D eigenvalue weighted by atomic mass is 32.2. The maximum atomic E-state index is 13.9. The van der Waals surface area contributed by atoms with Crippen LogP contribution in [0.3, 0.4) is 0 Å². The number of nitrogens with two attached hydrogens (primary N) is 1. The minimum absolute atomic E-state index is 0.0534. The lowest BCUT2D eigenvalue weighted by Gasteiger charge is -2.20. The molecule has 0 saturated heterocycles. The van der Waals surface area contributed by atoms with E-state index in [1.165, 1.54) is 23.1 Å². The van der Waals surface area contributed by atoms with Crippen LogP contribution in [0.15, 0.2) is 53.7 Å². The number of thioether (sulfide) groups is 1. The largest absolute Gasteiger partial charge is 0.335 e. The Morgan fingerprint density at radius 2 is 1.85 bits per heavy atom. The molecule has 0 aliphatic rings. The number of halogens is 2. The smallest absolute Gasteiger partial charge is 0.237 e. The second kappa shape index (κ2) is 8.17. The Kier molecular flexibility index (Phi) is 5.70. The average molecular weight is 389 g/mol. The van der Waals surface area contributed by atoms with Crippen molar-refractivity contribution in [3.63, 3.8) is 0 Å². The molecule has 0 unspecified atom stereocenters. The van der Waals surface area contributed by atoms with Crippen LogP contribution in [-0.2, 0) is 4.79 Å². The molecule has 27 heavy (non-hydrogen) atoms. The van der Waals surface area contributed by atoms with Crippen molar-refractivity contribution in [3.05, 3.63) is 60.2 Å². The highest BCUT2D eigenvalue weighted by Crippen LogP contribution is 2.24. The van der Waals surface area contributed by atoms with Gasteiger partial charge in [0.15, 0.2) is 5.82 Å². The van der Waals surface area contributed by atoms with E-state index in [9.17, 15) is 13.6 Å². The lowest BCUT2D eigenvalue weighted by atomic mass is 10.2. The first-order valence-corrected chi connectivity index (χ1v) is 9.14. The van der Waals surface area contributed by atoms with Gasteiger partial charge in [-0.1, -0.05) is 23.9 Å². The van der Waals surface area contributed by atoms with E-state index in [4.69, 9.17) is 5.84 Å². The molecule has 9 heteroatoms. The maximum absolute atomic E-state index is 13.9. The molecule has 1 aromatic heterocycles. The van der Waals surface area contributed by atoms with E-state index in [-0.39, 0.29) is 34.0 Å². The monoisotopic (exact) mass is 389 g/mol. The number of hydrogen-bond acceptors (Lipinski definition) is 5. The van der Waals surface area contributed by atoms with Gasteiger partial charge in [-0.2, -0.15) is 0 Å². The van der Waals surface area contributed by atoms with E-state index in [1.54, 1.807) is 30.3 Å². The summed E-state index contributed by atoms with van der Waals surface area (Å²) in [6, 6.07) is 11.8. The molecule has 1 amide bonds. The summed E-state index contributed by atoms with van der Waals surface area (Å²) in [5.41, 5.74) is 0.831. The quantitative estimate of drug-likeness (QED) is 0.518. The van der Waals surface area contributed by atoms with Gasteiger partial charge in [0.05, 0.1) is 11.3 Å². The molecule has 0 bridgehead atoms. The van der Waals surface area contributed by atoms with Gasteiger partial charge in [0.1, 0.15) is 11.6 Å². The van der Waals surface area contributed by atoms with Crippen molar-refractivity contribution < 1.29 is 13.6 Å². The Morgan fingerprint density at radius 1 is 1.15 bits per heavy atom. The van der Waals surface area contributed by atoms with Gasteiger partial charge in [0.2, 0.25) is 11.1 Å². The number of amides is 1. The number of carbonyl (C=O) groups excluding carboxylic acids is 1. The van der Waals surface area contributed by atoms with E-state index in [2.05, 4.69) is 10.2 Å². The van der Waals surface area contributed by atoms with Crippen LogP contribution in [0.5, 0.6) is 0 Å². The molecule has 3 aromatic rings. The van der Waals surface area contributed by atoms with Crippen molar-refractivity contribution in [2.45, 2.75) is 12.1 Å². The third kappa shape index (κ3) is 4.08. The first-order valence-electron chi connectivity index (χ1n) is 8.15. The van der Waals surface area contributed by atoms with Crippen LogP contribution in [0.2, 0.25) is 0 Å². The van der Waals surface area contributed by atoms with Gasteiger partial charge in [-0.3, -0.25) is 4.79 Å². The number of aromatic nitrogens is 3. The Hall–Kier alpha value is -2.94. The molecule has 0 saturated carbocycles. The topological polar surface area (TPSA) is 77.0 Å². The van der Waals surface area contributed by atoms with Crippen molar-refractivity contribution in [3.8, 4) is 11.4 Å². The molecule has 1 heterocycles. The number of carbonyl (C=O) groups is 1. The fourth-order valence-corrected chi connectivity index (χ4v) is 3.26. The molecule has 0 aliphatic heterocycles. The number of hydrogen-bond donors (Lipinski definition) is 1. The third-order valence-corrected chi connectivity index (χ3v) is 4.79. The summed E-state index contributed by atoms with van der Waals surface area (Å²) >= 11 is 1.09. The molecule has 0 spiro atoms. The standard InChI is InChI=1S/C18H17F2N5OS/c1-2-24(13-9-7-12(19)8-10-13)16(26)11-27-18-23-22-17(25(18)21)14-5-3-4-6-15(14)20/h3-10H,2,11,21H2,1H3. The van der Waals surface area contributed by atoms with Crippen LogP contribution < -0.4 is 10.7 Å². The molecule has 0 fully saturated rings. The second-order valence-electron chi connectivity index (χ2n) is 5.56. The fraction of sp³-hybridized carbons (Fsp3) is 0.167. The van der Waals surface area contributed by atoms with Crippen molar-refractivity contribution in [1.82, 2.24) is 14.9 Å². The minimum Gasteiger partial charge on any atom is -0.335 e. The lowest BCUT2D eigenvalue weighted by molar-refractivity contribution is -0.116. The van der Waals surface area contributed by atoms with E-state index >= 15 is 0 Å². The summed E-state index contributed by atoms with van der Waals surface area (Å²) in [5, 5.41) is 8.15. The number of rotatable bonds is 6. The molecule has 3 rings (SSSR count). The average Bonchev–Trinajstić information content (AvgIpc) is 3.03. The number of anilines is 1. The minimum atomic E-state index is -0.460. The lowest BCUT2D eigenvalue weighted by Crippen LogP contribution is -2.32. The molecule has 0 atom stereocenters. The van der Waals surface area contributed by atoms with Crippen LogP contribution in [-0.4, -0.2) is 33.1 Å². The Bertz CT molecular complexity index is 945. The summed E-state index contributed by atoms with van der Waals surface area (Å²) in [4.78, 5) is 14.1. The van der Waals surface area contributed by atoms with Gasteiger partial charge in [0, 0.05) is 12.2 Å². The van der Waals surface area contributed by atoms with Crippen molar-refractivity contribution >= 4 is 23.4 Å². The first kappa shape index (κ1) is 18.8. The predicted octanol–water partition coefficient (Wildman–Crippen LogP) is 3.08. The van der Waals surface area contributed by atoms with E-state index < -0.39 is 5.82 Å². The summed E-state index contributed by atoms with van der Waals surface area (Å²) in [7, 11) is 0. The predicted molar refractivity (Wildman–Crippen MR) is 101 cm³/mol. The van der Waals surface area contributed by atoms with Crippen molar-refractivity contribution in [1.29, 1.82) is 0 Å². The number of nitrogens with zero attached hydrogens (tertiary/aromatic N) is 4. The van der Waals surface area contributed by atoms with Crippen molar-refractivity contribution in [2.75, 3.05) is 23.0 Å². The summed E-state index contributed by atoms with van der Waals surface area (Å²) in [6.45, 7) is 2.26. The van der Waals surface area contributed by atoms with E-state index in [1.807, 2.05) is 6.92 Å². The zero-order chi connectivity index (χ0) is 19.4. The number of benzene rings is 2. The van der Waals surface area contributed by atoms with Crippen LogP contribution in [0.4, 0.5) is 14.5 Å². The SMILES string of the molecule is CCN(C(=O)CSc1nnc(-c2ccccc2F)n1N)c1ccc(F)cc1. The zero-order valence-electron chi connectivity index (χ0n) is 14.5. The molecule has 2 N–H and O–H groups in total. The third-order valence-electron chi connectivity index (χ3n) is 3.86. The molecule has 6 nitrogen and oxygen atoms in total. The molecule has 0 aliphatic carbocycles. The Balaban J connectivity index is 1.72. The summed E-state index contributed by atoms with van der Waals surface area (Å²) in [6.07, 6.45) is 0. The maximum Gasteiger partial charge on any atom is 0.237 e. The summed E-state index contributed by atoms with van der Waals surface area (Å²) in [5.74, 6) is 5.17. The van der Waals surface area contributed by atoms with E-state index in [0.29, 0.717) is 12.2 Å². The highest BCUT2D eigenvalue weighted by Gasteiger charge is 2.19. The van der Waals surface area contributed by atoms with Crippen LogP contribution in [0.1, 0.15) is 6.92 Å². The Morgan fingerprint density at radius 3 is 2.52 bits per heavy atom. The molecular formula is C18H17F2N5OS. The number of nitrogen functional groups attached to an aromatic ring is 1. The fourth-order valence-electron chi connectivity index (χ4n) is 2.53. The highest BCUT2D eigenvalue weighted by molar-refractivity contribution is 7.99. The van der Waals surface area contributed by atoms with Gasteiger partial charge < -0.3 is 10.7 Å². The van der Waals surface area contributed by atoms with Crippen LogP contribution in [0, 0.1) is 11.6 Å². The molecule has 140 valence electrons. The normalized spacial score (nSPS) is 10.8. The zero-order valence-corrected chi connectivity index (χ0v) is 15.3. The van der Waals surface area contributed by atoms with Crippen molar-refractivity contribution in [2.24, 2.45) is 0 Å². The second-order valence-corrected chi connectivity index (χ2v) is 6.50. The van der Waals surface area contributed by atoms with Gasteiger partial charge in [-0.25, -0.2) is 13.5 Å². The van der Waals surface area contributed by atoms with E-state index in [0.717, 1.165) is 16.4 Å². The van der Waals surface area contributed by atoms with Crippen LogP contribution in [0.25, 0.3) is 11.4 Å². The first-order chi connectivity index (χ1) is 13.0. The van der Waals surface area contributed by atoms with Gasteiger partial charge in [-0.15, -0.1) is 10.2 Å².